The number of methoxy groups -OCH3 is 1. The molecule has 0 bridgehead atoms. The van der Waals surface area contributed by atoms with Crippen LogP contribution in [0, 0.1) is 0 Å². The van der Waals surface area contributed by atoms with Crippen LogP contribution in [0.5, 0.6) is 5.75 Å². The minimum absolute atomic E-state index is 0.0441. The summed E-state index contributed by atoms with van der Waals surface area (Å²) in [7, 11) is 7.51. The van der Waals surface area contributed by atoms with Gasteiger partial charge in [-0.25, -0.2) is 0 Å². The van der Waals surface area contributed by atoms with E-state index in [0.29, 0.717) is 13.1 Å². The van der Waals surface area contributed by atoms with Gasteiger partial charge in [-0.05, 0) is 43.4 Å². The molecular formula is C26H33N5O3. The number of aryl methyl sites for hydroxylation is 1. The standard InChI is InChI=1S/C26H33N5O3/c1-28(2)13-23(33)31-17-26(15-30(16-26)12-18-6-5-9-27-11-18)24-20-8-7-19(34-4)10-21(20)29(3)25(24)22(31)14-32/h5-11,22,32H,12-17H2,1-4H3/t22-/m1/s1. The topological polar surface area (TPSA) is 74.1 Å². The molecule has 3 aromatic rings. The molecule has 4 heterocycles. The number of aromatic nitrogens is 2. The highest BCUT2D eigenvalue weighted by Gasteiger charge is 2.54. The minimum atomic E-state index is -0.371. The summed E-state index contributed by atoms with van der Waals surface area (Å²) < 4.78 is 7.64. The van der Waals surface area contributed by atoms with Gasteiger partial charge in [-0.15, -0.1) is 0 Å². The van der Waals surface area contributed by atoms with Crippen LogP contribution in [-0.2, 0) is 23.8 Å². The van der Waals surface area contributed by atoms with Crippen LogP contribution in [0.15, 0.2) is 42.7 Å². The number of benzene rings is 1. The largest absolute Gasteiger partial charge is 0.497 e. The van der Waals surface area contributed by atoms with Crippen molar-refractivity contribution in [2.75, 3.05) is 54.0 Å². The average Bonchev–Trinajstić information content (AvgIpc) is 3.10. The van der Waals surface area contributed by atoms with Crippen LogP contribution in [0.4, 0.5) is 0 Å². The highest BCUT2D eigenvalue weighted by atomic mass is 16.5. The first-order valence-electron chi connectivity index (χ1n) is 11.7. The summed E-state index contributed by atoms with van der Waals surface area (Å²) in [5.74, 6) is 0.843. The van der Waals surface area contributed by atoms with Gasteiger partial charge in [0.15, 0.2) is 0 Å². The van der Waals surface area contributed by atoms with Gasteiger partial charge in [0, 0.05) is 68.2 Å². The Kier molecular flexibility index (Phi) is 5.83. The Balaban J connectivity index is 1.59. The van der Waals surface area contributed by atoms with E-state index in [1.165, 1.54) is 16.5 Å². The molecule has 1 atom stereocenters. The van der Waals surface area contributed by atoms with Crippen LogP contribution in [0.3, 0.4) is 0 Å². The van der Waals surface area contributed by atoms with E-state index in [2.05, 4.69) is 26.6 Å². The van der Waals surface area contributed by atoms with Crippen molar-refractivity contribution in [2.24, 2.45) is 7.05 Å². The summed E-state index contributed by atoms with van der Waals surface area (Å²) in [6.45, 7) is 3.35. The third kappa shape index (κ3) is 3.66. The Morgan fingerprint density at radius 3 is 2.71 bits per heavy atom. The average molecular weight is 464 g/mol. The van der Waals surface area contributed by atoms with Gasteiger partial charge in [0.05, 0.1) is 31.8 Å². The van der Waals surface area contributed by atoms with Gasteiger partial charge in [0.25, 0.3) is 0 Å². The molecule has 2 aliphatic heterocycles. The van der Waals surface area contributed by atoms with Crippen LogP contribution >= 0.6 is 0 Å². The number of likely N-dealkylation sites (tertiary alicyclic amines) is 1. The first-order valence-corrected chi connectivity index (χ1v) is 11.7. The maximum atomic E-state index is 13.3. The van der Waals surface area contributed by atoms with Crippen molar-refractivity contribution in [1.29, 1.82) is 0 Å². The van der Waals surface area contributed by atoms with Gasteiger partial charge in [0.2, 0.25) is 5.91 Å². The van der Waals surface area contributed by atoms with E-state index in [4.69, 9.17) is 4.74 Å². The van der Waals surface area contributed by atoms with E-state index < -0.39 is 0 Å². The molecule has 1 aromatic carbocycles. The van der Waals surface area contributed by atoms with Gasteiger partial charge in [-0.3, -0.25) is 14.7 Å². The predicted octanol–water partition coefficient (Wildman–Crippen LogP) is 1.77. The monoisotopic (exact) mass is 463 g/mol. The number of aliphatic hydroxyl groups is 1. The highest BCUT2D eigenvalue weighted by Crippen LogP contribution is 2.49. The van der Waals surface area contributed by atoms with Crippen molar-refractivity contribution < 1.29 is 14.6 Å². The number of rotatable bonds is 6. The third-order valence-electron chi connectivity index (χ3n) is 7.27. The first kappa shape index (κ1) is 22.8. The van der Waals surface area contributed by atoms with Crippen molar-refractivity contribution >= 4 is 16.8 Å². The molecule has 1 N–H and O–H groups in total. The van der Waals surface area contributed by atoms with Gasteiger partial charge in [-0.2, -0.15) is 0 Å². The quantitative estimate of drug-likeness (QED) is 0.601. The predicted molar refractivity (Wildman–Crippen MR) is 131 cm³/mol. The van der Waals surface area contributed by atoms with E-state index >= 15 is 0 Å². The SMILES string of the molecule is COc1ccc2c3c(n(C)c2c1)[C@@H](CO)N(C(=O)CN(C)C)CC31CN(Cc2cccnc2)C1. The van der Waals surface area contributed by atoms with Crippen LogP contribution in [0.2, 0.25) is 0 Å². The molecule has 0 saturated carbocycles. The minimum Gasteiger partial charge on any atom is -0.497 e. The van der Waals surface area contributed by atoms with Gasteiger partial charge in [0.1, 0.15) is 5.75 Å². The zero-order valence-corrected chi connectivity index (χ0v) is 20.4. The van der Waals surface area contributed by atoms with E-state index in [0.717, 1.165) is 36.6 Å². The van der Waals surface area contributed by atoms with Crippen LogP contribution in [-0.4, -0.2) is 89.3 Å². The Labute approximate surface area is 200 Å². The number of pyridine rings is 1. The first-order chi connectivity index (χ1) is 16.4. The lowest BCUT2D eigenvalue weighted by Crippen LogP contribution is -2.67. The fourth-order valence-electron chi connectivity index (χ4n) is 5.91. The number of hydrogen-bond acceptors (Lipinski definition) is 6. The summed E-state index contributed by atoms with van der Waals surface area (Å²) in [6, 6.07) is 9.87. The molecule has 1 saturated heterocycles. The van der Waals surface area contributed by atoms with Crippen LogP contribution < -0.4 is 4.74 Å². The molecule has 180 valence electrons. The summed E-state index contributed by atoms with van der Waals surface area (Å²) in [6.07, 6.45) is 3.71. The molecule has 0 unspecified atom stereocenters. The Bertz CT molecular complexity index is 1200. The number of ether oxygens (including phenoxy) is 1. The molecule has 2 aromatic heterocycles. The molecule has 0 radical (unpaired) electrons. The van der Waals surface area contributed by atoms with Crippen LogP contribution in [0.25, 0.3) is 10.9 Å². The number of carbonyl (C=O) groups excluding carboxylic acids is 1. The summed E-state index contributed by atoms with van der Waals surface area (Å²) >= 11 is 0. The van der Waals surface area contributed by atoms with Crippen molar-refractivity contribution in [1.82, 2.24) is 24.3 Å². The van der Waals surface area contributed by atoms with Crippen molar-refractivity contribution in [3.05, 3.63) is 59.5 Å². The zero-order chi connectivity index (χ0) is 24.0. The Morgan fingerprint density at radius 1 is 1.26 bits per heavy atom. The smallest absolute Gasteiger partial charge is 0.237 e. The lowest BCUT2D eigenvalue weighted by atomic mass is 9.68. The zero-order valence-electron chi connectivity index (χ0n) is 20.4. The van der Waals surface area contributed by atoms with Gasteiger partial charge < -0.3 is 24.2 Å². The molecule has 1 amide bonds. The molecule has 2 aliphatic rings. The lowest BCUT2D eigenvalue weighted by molar-refractivity contribution is -0.139. The second-order valence-electron chi connectivity index (χ2n) is 9.95. The second-order valence-corrected chi connectivity index (χ2v) is 9.95. The van der Waals surface area contributed by atoms with Crippen molar-refractivity contribution in [3.63, 3.8) is 0 Å². The number of aliphatic hydroxyl groups excluding tert-OH is 1. The summed E-state index contributed by atoms with van der Waals surface area (Å²) in [5, 5.41) is 11.7. The number of fused-ring (bicyclic) bond motifs is 4. The normalized spacial score (nSPS) is 19.5. The van der Waals surface area contributed by atoms with Crippen molar-refractivity contribution in [3.8, 4) is 5.75 Å². The fourth-order valence-corrected chi connectivity index (χ4v) is 5.91. The highest BCUT2D eigenvalue weighted by molar-refractivity contribution is 5.90. The van der Waals surface area contributed by atoms with Gasteiger partial charge in [-0.1, -0.05) is 6.07 Å². The lowest BCUT2D eigenvalue weighted by Gasteiger charge is -2.56. The van der Waals surface area contributed by atoms with Crippen molar-refractivity contribution in [2.45, 2.75) is 18.0 Å². The molecule has 8 heteroatoms. The van der Waals surface area contributed by atoms with E-state index in [9.17, 15) is 9.90 Å². The summed E-state index contributed by atoms with van der Waals surface area (Å²) in [4.78, 5) is 23.8. The van der Waals surface area contributed by atoms with E-state index in [1.807, 2.05) is 55.3 Å². The molecule has 34 heavy (non-hydrogen) atoms. The molecular weight excluding hydrogens is 430 g/mol. The maximum Gasteiger partial charge on any atom is 0.237 e. The Hall–Kier alpha value is -2.94. The number of hydrogen-bond donors (Lipinski definition) is 1. The van der Waals surface area contributed by atoms with Gasteiger partial charge >= 0.3 is 0 Å². The Morgan fingerprint density at radius 2 is 2.06 bits per heavy atom. The molecule has 5 rings (SSSR count). The fraction of sp³-hybridized carbons (Fsp3) is 0.462. The number of carbonyl (C=O) groups is 1. The number of amides is 1. The molecule has 1 spiro atoms. The molecule has 1 fully saturated rings. The maximum absolute atomic E-state index is 13.3. The van der Waals surface area contributed by atoms with Crippen LogP contribution in [0.1, 0.15) is 22.9 Å². The van der Waals surface area contributed by atoms with E-state index in [1.54, 1.807) is 13.3 Å². The summed E-state index contributed by atoms with van der Waals surface area (Å²) in [5.41, 5.74) is 4.37. The molecule has 8 nitrogen and oxygen atoms in total. The molecule has 0 aliphatic carbocycles. The third-order valence-corrected chi connectivity index (χ3v) is 7.27. The van der Waals surface area contributed by atoms with E-state index in [-0.39, 0.29) is 24.0 Å². The number of nitrogens with zero attached hydrogens (tertiary/aromatic N) is 5. The number of likely N-dealkylation sites (N-methyl/N-ethyl adjacent to an activating group) is 1. The second kappa shape index (κ2) is 8.69.